The average molecular weight is 386 g/mol. The first-order chi connectivity index (χ1) is 9.25. The Balaban J connectivity index is 2.93. The minimum atomic E-state index is -3.90. The molecule has 20 heavy (non-hydrogen) atoms. The topological polar surface area (TPSA) is 69.7 Å². The number of halogens is 2. The Morgan fingerprint density at radius 1 is 1.45 bits per heavy atom. The summed E-state index contributed by atoms with van der Waals surface area (Å²) in [5.74, 6) is -0.647. The summed E-state index contributed by atoms with van der Waals surface area (Å²) >= 11 is 3.17. The summed E-state index contributed by atoms with van der Waals surface area (Å²) in [6.07, 6.45) is -0.439. The van der Waals surface area contributed by atoms with Crippen LogP contribution in [0.1, 0.15) is 24.2 Å². The van der Waals surface area contributed by atoms with Crippen molar-refractivity contribution >= 4 is 41.6 Å². The predicted octanol–water partition coefficient (Wildman–Crippen LogP) is 2.96. The highest BCUT2D eigenvalue weighted by atomic mass is 79.9. The molecular formula is C12H14BrClO5S. The molecule has 0 amide bonds. The highest BCUT2D eigenvalue weighted by molar-refractivity contribution is 9.10. The third-order valence-corrected chi connectivity index (χ3v) is 4.35. The van der Waals surface area contributed by atoms with Gasteiger partial charge in [-0.25, -0.2) is 13.2 Å². The first-order valence-electron chi connectivity index (χ1n) is 5.78. The van der Waals surface area contributed by atoms with Gasteiger partial charge in [0.1, 0.15) is 6.10 Å². The van der Waals surface area contributed by atoms with E-state index in [1.165, 1.54) is 18.2 Å². The number of esters is 1. The summed E-state index contributed by atoms with van der Waals surface area (Å²) in [7, 11) is 1.35. The van der Waals surface area contributed by atoms with Gasteiger partial charge in [0.25, 0.3) is 9.05 Å². The summed E-state index contributed by atoms with van der Waals surface area (Å²) < 4.78 is 33.2. The van der Waals surface area contributed by atoms with Crippen LogP contribution in [-0.4, -0.2) is 33.7 Å². The zero-order valence-electron chi connectivity index (χ0n) is 10.9. The lowest BCUT2D eigenvalue weighted by Crippen LogP contribution is -2.20. The van der Waals surface area contributed by atoms with Gasteiger partial charge in [-0.05, 0) is 48.0 Å². The lowest BCUT2D eigenvalue weighted by Gasteiger charge is -2.14. The van der Waals surface area contributed by atoms with Crippen molar-refractivity contribution < 1.29 is 22.7 Å². The van der Waals surface area contributed by atoms with Crippen molar-refractivity contribution in [1.29, 1.82) is 0 Å². The number of hydrogen-bond acceptors (Lipinski definition) is 5. The maximum atomic E-state index is 12.0. The van der Waals surface area contributed by atoms with Gasteiger partial charge in [-0.2, -0.15) is 0 Å². The van der Waals surface area contributed by atoms with Crippen molar-refractivity contribution in [2.24, 2.45) is 0 Å². The van der Waals surface area contributed by atoms with Crippen LogP contribution in [-0.2, 0) is 18.5 Å². The van der Waals surface area contributed by atoms with Crippen molar-refractivity contribution in [2.75, 3.05) is 13.2 Å². The highest BCUT2D eigenvalue weighted by Gasteiger charge is 2.19. The molecule has 0 aromatic heterocycles. The molecule has 112 valence electrons. The molecular weight excluding hydrogens is 372 g/mol. The fraction of sp³-hybridized carbons (Fsp3) is 0.417. The van der Waals surface area contributed by atoms with Crippen molar-refractivity contribution in [3.8, 4) is 0 Å². The molecule has 1 aromatic rings. The molecule has 0 radical (unpaired) electrons. The van der Waals surface area contributed by atoms with Gasteiger partial charge in [-0.3, -0.25) is 0 Å². The normalized spacial score (nSPS) is 13.0. The molecule has 0 saturated heterocycles. The number of ether oxygens (including phenoxy) is 2. The van der Waals surface area contributed by atoms with E-state index in [2.05, 4.69) is 15.9 Å². The van der Waals surface area contributed by atoms with Crippen LogP contribution < -0.4 is 0 Å². The molecule has 0 aliphatic rings. The number of hydrogen-bond donors (Lipinski definition) is 0. The van der Waals surface area contributed by atoms with E-state index in [1.807, 2.05) is 6.92 Å². The van der Waals surface area contributed by atoms with Crippen molar-refractivity contribution in [3.63, 3.8) is 0 Å². The number of carbonyl (C=O) groups excluding carboxylic acids is 1. The molecule has 1 unspecified atom stereocenters. The standard InChI is InChI=1S/C12H14BrClO5S/c1-3-18-7-8(2)19-12(15)10-6-9(20(14,16)17)4-5-11(10)13/h4-6,8H,3,7H2,1-2H3. The summed E-state index contributed by atoms with van der Waals surface area (Å²) in [5.41, 5.74) is 0.0927. The van der Waals surface area contributed by atoms with Crippen LogP contribution in [0.25, 0.3) is 0 Å². The molecule has 1 aromatic carbocycles. The zero-order valence-corrected chi connectivity index (χ0v) is 14.1. The lowest BCUT2D eigenvalue weighted by atomic mass is 10.2. The van der Waals surface area contributed by atoms with Crippen LogP contribution in [0.3, 0.4) is 0 Å². The predicted molar refractivity (Wildman–Crippen MR) is 78.6 cm³/mol. The van der Waals surface area contributed by atoms with E-state index in [0.29, 0.717) is 11.1 Å². The molecule has 5 nitrogen and oxygen atoms in total. The Morgan fingerprint density at radius 2 is 2.10 bits per heavy atom. The molecule has 0 aliphatic carbocycles. The third kappa shape index (κ3) is 5.05. The fourth-order valence-electron chi connectivity index (χ4n) is 1.38. The van der Waals surface area contributed by atoms with Crippen LogP contribution in [0.4, 0.5) is 0 Å². The third-order valence-electron chi connectivity index (χ3n) is 2.30. The first kappa shape index (κ1) is 17.4. The number of rotatable bonds is 6. The van der Waals surface area contributed by atoms with Gasteiger partial charge >= 0.3 is 5.97 Å². The fourth-order valence-corrected chi connectivity index (χ4v) is 2.56. The van der Waals surface area contributed by atoms with E-state index in [0.717, 1.165) is 0 Å². The SMILES string of the molecule is CCOCC(C)OC(=O)c1cc(S(=O)(=O)Cl)ccc1Br. The second-order valence-corrected chi connectivity index (χ2v) is 7.38. The van der Waals surface area contributed by atoms with Gasteiger partial charge in [-0.1, -0.05) is 0 Å². The molecule has 0 bridgehead atoms. The van der Waals surface area contributed by atoms with E-state index in [1.54, 1.807) is 6.92 Å². The molecule has 0 heterocycles. The summed E-state index contributed by atoms with van der Waals surface area (Å²) in [6.45, 7) is 4.31. The van der Waals surface area contributed by atoms with E-state index in [4.69, 9.17) is 20.2 Å². The maximum Gasteiger partial charge on any atom is 0.339 e. The maximum absolute atomic E-state index is 12.0. The second kappa shape index (κ2) is 7.40. The summed E-state index contributed by atoms with van der Waals surface area (Å²) in [5, 5.41) is 0. The Labute approximate surface area is 130 Å². The molecule has 0 saturated carbocycles. The van der Waals surface area contributed by atoms with Gasteiger partial charge in [0.2, 0.25) is 0 Å². The molecule has 0 aliphatic heterocycles. The summed E-state index contributed by atoms with van der Waals surface area (Å²) in [4.78, 5) is 11.8. The number of carbonyl (C=O) groups is 1. The average Bonchev–Trinajstić information content (AvgIpc) is 2.35. The van der Waals surface area contributed by atoms with Crippen LogP contribution in [0, 0.1) is 0 Å². The Bertz CT molecular complexity index is 588. The molecule has 0 spiro atoms. The molecule has 0 N–H and O–H groups in total. The van der Waals surface area contributed by atoms with Crippen LogP contribution in [0.2, 0.25) is 0 Å². The lowest BCUT2D eigenvalue weighted by molar-refractivity contribution is 0.00429. The molecule has 1 rings (SSSR count). The molecule has 1 atom stereocenters. The monoisotopic (exact) mass is 384 g/mol. The minimum absolute atomic E-state index is 0.0927. The van der Waals surface area contributed by atoms with Crippen molar-refractivity contribution in [2.45, 2.75) is 24.8 Å². The van der Waals surface area contributed by atoms with Crippen molar-refractivity contribution in [1.82, 2.24) is 0 Å². The Morgan fingerprint density at radius 3 is 2.65 bits per heavy atom. The summed E-state index contributed by atoms with van der Waals surface area (Å²) in [6, 6.07) is 3.90. The zero-order chi connectivity index (χ0) is 15.3. The quantitative estimate of drug-likeness (QED) is 0.556. The number of benzene rings is 1. The van der Waals surface area contributed by atoms with Gasteiger partial charge in [0, 0.05) is 21.8 Å². The van der Waals surface area contributed by atoms with Gasteiger partial charge in [0.05, 0.1) is 17.1 Å². The van der Waals surface area contributed by atoms with E-state index < -0.39 is 21.1 Å². The molecule has 8 heteroatoms. The first-order valence-corrected chi connectivity index (χ1v) is 8.89. The Kier molecular flexibility index (Phi) is 6.44. The largest absolute Gasteiger partial charge is 0.457 e. The van der Waals surface area contributed by atoms with Crippen LogP contribution in [0.5, 0.6) is 0 Å². The van der Waals surface area contributed by atoms with Gasteiger partial charge < -0.3 is 9.47 Å². The second-order valence-electron chi connectivity index (χ2n) is 3.95. The minimum Gasteiger partial charge on any atom is -0.457 e. The van der Waals surface area contributed by atoms with Crippen molar-refractivity contribution in [3.05, 3.63) is 28.2 Å². The smallest absolute Gasteiger partial charge is 0.339 e. The van der Waals surface area contributed by atoms with Crippen LogP contribution in [0.15, 0.2) is 27.6 Å². The van der Waals surface area contributed by atoms with Gasteiger partial charge in [-0.15, -0.1) is 0 Å². The van der Waals surface area contributed by atoms with E-state index in [-0.39, 0.29) is 17.1 Å². The van der Waals surface area contributed by atoms with E-state index >= 15 is 0 Å². The van der Waals surface area contributed by atoms with E-state index in [9.17, 15) is 13.2 Å². The highest BCUT2D eigenvalue weighted by Crippen LogP contribution is 2.24. The molecule has 0 fully saturated rings. The Hall–Kier alpha value is -0.630. The van der Waals surface area contributed by atoms with Gasteiger partial charge in [0.15, 0.2) is 0 Å². The van der Waals surface area contributed by atoms with Crippen LogP contribution >= 0.6 is 26.6 Å².